The highest BCUT2D eigenvalue weighted by molar-refractivity contribution is 7.90. The van der Waals surface area contributed by atoms with E-state index < -0.39 is 15.3 Å². The lowest BCUT2D eigenvalue weighted by Gasteiger charge is -2.12. The zero-order valence-corrected chi connectivity index (χ0v) is 11.0. The first kappa shape index (κ1) is 14.1. The van der Waals surface area contributed by atoms with Crippen LogP contribution in [0.3, 0.4) is 0 Å². The van der Waals surface area contributed by atoms with E-state index in [1.54, 1.807) is 13.1 Å². The minimum atomic E-state index is -3.35. The van der Waals surface area contributed by atoms with E-state index in [-0.39, 0.29) is 13.1 Å². The largest absolute Gasteiger partial charge is 0.329 e. The first-order chi connectivity index (χ1) is 8.01. The van der Waals surface area contributed by atoms with Gasteiger partial charge in [-0.2, -0.15) is 0 Å². The maximum atomic E-state index is 11.7. The maximum Gasteiger partial charge on any atom is 0.215 e. The monoisotopic (exact) mass is 257 g/mol. The average molecular weight is 257 g/mol. The van der Waals surface area contributed by atoms with Crippen molar-refractivity contribution >= 4 is 10.0 Å². The molecule has 0 aliphatic carbocycles. The number of hydrogen-bond donors (Lipinski definition) is 2. The van der Waals surface area contributed by atoms with Crippen molar-refractivity contribution in [2.24, 2.45) is 5.73 Å². The van der Waals surface area contributed by atoms with Gasteiger partial charge in [0.15, 0.2) is 0 Å². The summed E-state index contributed by atoms with van der Waals surface area (Å²) in [6.07, 6.45) is 2.49. The minimum absolute atomic E-state index is 0.109. The number of hydrogen-bond acceptors (Lipinski definition) is 4. The van der Waals surface area contributed by atoms with Gasteiger partial charge in [-0.25, -0.2) is 13.1 Å². The Balaban J connectivity index is 2.74. The first-order valence-corrected chi connectivity index (χ1v) is 7.17. The van der Waals surface area contributed by atoms with E-state index in [9.17, 15) is 8.42 Å². The molecule has 1 aromatic rings. The number of aromatic nitrogens is 1. The van der Waals surface area contributed by atoms with Gasteiger partial charge in [0.2, 0.25) is 10.0 Å². The summed E-state index contributed by atoms with van der Waals surface area (Å²) in [5, 5.41) is -0.587. The van der Waals surface area contributed by atoms with Crippen LogP contribution in [0.4, 0.5) is 0 Å². The van der Waals surface area contributed by atoms with E-state index in [0.29, 0.717) is 0 Å². The lowest BCUT2D eigenvalue weighted by Crippen LogP contribution is -2.36. The molecule has 0 aliphatic heterocycles. The van der Waals surface area contributed by atoms with E-state index in [1.165, 1.54) is 0 Å². The molecule has 0 saturated heterocycles. The third-order valence-electron chi connectivity index (χ3n) is 2.67. The normalized spacial score (nSPS) is 13.6. The van der Waals surface area contributed by atoms with E-state index >= 15 is 0 Å². The first-order valence-electron chi connectivity index (χ1n) is 5.62. The molecule has 1 unspecified atom stereocenters. The smallest absolute Gasteiger partial charge is 0.215 e. The molecule has 1 heterocycles. The van der Waals surface area contributed by atoms with Gasteiger partial charge in [0, 0.05) is 12.7 Å². The van der Waals surface area contributed by atoms with Crippen LogP contribution in [0, 0.1) is 0 Å². The van der Waals surface area contributed by atoms with Gasteiger partial charge in [0.25, 0.3) is 0 Å². The third kappa shape index (κ3) is 3.76. The number of sulfonamides is 1. The zero-order chi connectivity index (χ0) is 12.9. The van der Waals surface area contributed by atoms with E-state index in [0.717, 1.165) is 17.7 Å². The Kier molecular flexibility index (Phi) is 5.04. The van der Waals surface area contributed by atoms with Crippen molar-refractivity contribution in [1.29, 1.82) is 0 Å². The molecule has 3 N–H and O–H groups in total. The third-order valence-corrected chi connectivity index (χ3v) is 4.47. The van der Waals surface area contributed by atoms with Gasteiger partial charge in [-0.05, 0) is 25.0 Å². The molecule has 0 radical (unpaired) electrons. The second-order valence-electron chi connectivity index (χ2n) is 3.88. The van der Waals surface area contributed by atoms with Gasteiger partial charge >= 0.3 is 0 Å². The summed E-state index contributed by atoms with van der Waals surface area (Å²) in [7, 11) is -3.35. The van der Waals surface area contributed by atoms with E-state index in [1.807, 2.05) is 19.1 Å². The van der Waals surface area contributed by atoms with Crippen molar-refractivity contribution in [3.05, 3.63) is 29.6 Å². The maximum absolute atomic E-state index is 11.7. The number of pyridine rings is 1. The molecule has 1 rings (SSSR count). The predicted molar refractivity (Wildman–Crippen MR) is 67.9 cm³/mol. The molecule has 96 valence electrons. The average Bonchev–Trinajstić information content (AvgIpc) is 2.35. The van der Waals surface area contributed by atoms with Gasteiger partial charge < -0.3 is 5.73 Å². The number of nitrogens with zero attached hydrogens (tertiary/aromatic N) is 1. The van der Waals surface area contributed by atoms with Crippen LogP contribution in [0.2, 0.25) is 0 Å². The van der Waals surface area contributed by atoms with Crippen molar-refractivity contribution in [2.75, 3.05) is 6.54 Å². The molecule has 5 nitrogen and oxygen atoms in total. The molecular weight excluding hydrogens is 238 g/mol. The van der Waals surface area contributed by atoms with Gasteiger partial charge in [-0.3, -0.25) is 4.98 Å². The molecular formula is C11H19N3O2S. The van der Waals surface area contributed by atoms with Gasteiger partial charge in [-0.15, -0.1) is 0 Å². The highest BCUT2D eigenvalue weighted by Crippen LogP contribution is 2.07. The summed E-state index contributed by atoms with van der Waals surface area (Å²) in [6, 6.07) is 3.79. The molecule has 0 spiro atoms. The summed E-state index contributed by atoms with van der Waals surface area (Å²) in [5.74, 6) is 0. The topological polar surface area (TPSA) is 85.1 Å². The van der Waals surface area contributed by atoms with Crippen LogP contribution in [0.5, 0.6) is 0 Å². The lowest BCUT2D eigenvalue weighted by atomic mass is 10.1. The molecule has 1 atom stereocenters. The highest BCUT2D eigenvalue weighted by atomic mass is 32.2. The van der Waals surface area contributed by atoms with Crippen molar-refractivity contribution in [3.8, 4) is 0 Å². The van der Waals surface area contributed by atoms with Gasteiger partial charge in [0.05, 0.1) is 17.5 Å². The van der Waals surface area contributed by atoms with Crippen LogP contribution in [0.15, 0.2) is 18.3 Å². The highest BCUT2D eigenvalue weighted by Gasteiger charge is 2.18. The standard InChI is InChI=1S/C11H19N3O2S/c1-3-10-5-4-6-13-11(10)8-14-17(15,16)9(2)7-12/h4-6,9,14H,3,7-8,12H2,1-2H3. The van der Waals surface area contributed by atoms with E-state index in [4.69, 9.17) is 5.73 Å². The fraction of sp³-hybridized carbons (Fsp3) is 0.545. The number of nitrogens with two attached hydrogens (primary N) is 1. The number of aryl methyl sites for hydroxylation is 1. The number of nitrogens with one attached hydrogen (secondary N) is 1. The van der Waals surface area contributed by atoms with E-state index in [2.05, 4.69) is 9.71 Å². The predicted octanol–water partition coefficient (Wildman–Crippen LogP) is 0.411. The van der Waals surface area contributed by atoms with Crippen molar-refractivity contribution in [1.82, 2.24) is 9.71 Å². The van der Waals surface area contributed by atoms with Gasteiger partial charge in [0.1, 0.15) is 0 Å². The fourth-order valence-corrected chi connectivity index (χ4v) is 2.27. The quantitative estimate of drug-likeness (QED) is 0.773. The Morgan fingerprint density at radius 3 is 2.82 bits per heavy atom. The second-order valence-corrected chi connectivity index (χ2v) is 6.06. The molecule has 0 aromatic carbocycles. The lowest BCUT2D eigenvalue weighted by molar-refractivity contribution is 0.567. The molecule has 0 aliphatic rings. The van der Waals surface area contributed by atoms with Crippen LogP contribution in [0.25, 0.3) is 0 Å². The van der Waals surface area contributed by atoms with Crippen LogP contribution in [-0.4, -0.2) is 25.2 Å². The molecule has 17 heavy (non-hydrogen) atoms. The molecule has 0 bridgehead atoms. The van der Waals surface area contributed by atoms with Crippen LogP contribution < -0.4 is 10.5 Å². The Bertz CT molecular complexity index is 460. The van der Waals surface area contributed by atoms with Crippen molar-refractivity contribution in [2.45, 2.75) is 32.1 Å². The summed E-state index contributed by atoms with van der Waals surface area (Å²) in [4.78, 5) is 4.18. The van der Waals surface area contributed by atoms with Crippen molar-refractivity contribution in [3.63, 3.8) is 0 Å². The SMILES string of the molecule is CCc1cccnc1CNS(=O)(=O)C(C)CN. The summed E-state index contributed by atoms with van der Waals surface area (Å²) in [6.45, 7) is 3.92. The minimum Gasteiger partial charge on any atom is -0.329 e. The summed E-state index contributed by atoms with van der Waals surface area (Å²) < 4.78 is 26.0. The molecule has 1 aromatic heterocycles. The molecule has 0 amide bonds. The zero-order valence-electron chi connectivity index (χ0n) is 10.2. The van der Waals surface area contributed by atoms with Crippen molar-refractivity contribution < 1.29 is 8.42 Å². The number of rotatable bonds is 6. The van der Waals surface area contributed by atoms with Gasteiger partial charge in [-0.1, -0.05) is 13.0 Å². The Labute approximate surface area is 102 Å². The fourth-order valence-electron chi connectivity index (χ4n) is 1.39. The second kappa shape index (κ2) is 6.09. The molecule has 0 fully saturated rings. The van der Waals surface area contributed by atoms with Crippen LogP contribution in [0.1, 0.15) is 25.1 Å². The van der Waals surface area contributed by atoms with Crippen LogP contribution in [-0.2, 0) is 23.0 Å². The Hall–Kier alpha value is -0.980. The Morgan fingerprint density at radius 2 is 2.24 bits per heavy atom. The molecule has 0 saturated carbocycles. The van der Waals surface area contributed by atoms with Crippen LogP contribution >= 0.6 is 0 Å². The summed E-state index contributed by atoms with van der Waals surface area (Å²) in [5.41, 5.74) is 7.17. The Morgan fingerprint density at radius 1 is 1.53 bits per heavy atom. The molecule has 6 heteroatoms. The summed E-state index contributed by atoms with van der Waals surface area (Å²) >= 11 is 0.